The van der Waals surface area contributed by atoms with Crippen molar-refractivity contribution in [2.45, 2.75) is 20.3 Å². The first-order valence-electron chi connectivity index (χ1n) is 3.95. The van der Waals surface area contributed by atoms with Crippen LogP contribution in [-0.4, -0.2) is 37.9 Å². The van der Waals surface area contributed by atoms with E-state index in [1.54, 1.807) is 7.11 Å². The van der Waals surface area contributed by atoms with Gasteiger partial charge < -0.3 is 9.74 Å². The molecular formula is C8H18N2O. The molecule has 0 aliphatic heterocycles. The minimum absolute atomic E-state index is 0.984. The van der Waals surface area contributed by atoms with E-state index < -0.39 is 0 Å². The molecule has 0 rings (SSSR count). The van der Waals surface area contributed by atoms with Gasteiger partial charge in [0.05, 0.1) is 5.71 Å². The second-order valence-electron chi connectivity index (χ2n) is 2.66. The van der Waals surface area contributed by atoms with Crippen LogP contribution in [0.1, 0.15) is 20.3 Å². The Kier molecular flexibility index (Phi) is 5.84. The number of nitrogens with zero attached hydrogens (tertiary/aromatic N) is 2. The fraction of sp³-hybridized carbons (Fsp3) is 0.875. The highest BCUT2D eigenvalue weighted by atomic mass is 16.6. The van der Waals surface area contributed by atoms with Gasteiger partial charge in [0.15, 0.2) is 0 Å². The highest BCUT2D eigenvalue weighted by Crippen LogP contribution is 1.90. The third-order valence-electron chi connectivity index (χ3n) is 1.64. The summed E-state index contributed by atoms with van der Waals surface area (Å²) in [5.74, 6) is 0. The average molecular weight is 158 g/mol. The molecule has 0 fully saturated rings. The van der Waals surface area contributed by atoms with Crippen LogP contribution in [0.25, 0.3) is 0 Å². The topological polar surface area (TPSA) is 24.8 Å². The van der Waals surface area contributed by atoms with E-state index in [0.717, 1.165) is 25.2 Å². The van der Waals surface area contributed by atoms with Crippen molar-refractivity contribution in [3.05, 3.63) is 0 Å². The molecule has 0 aromatic heterocycles. The summed E-state index contributed by atoms with van der Waals surface area (Å²) < 4.78 is 0. The van der Waals surface area contributed by atoms with Crippen molar-refractivity contribution in [3.63, 3.8) is 0 Å². The molecule has 0 N–H and O–H groups in total. The predicted octanol–water partition coefficient (Wildman–Crippen LogP) is 1.35. The summed E-state index contributed by atoms with van der Waals surface area (Å²) in [6.45, 7) is 6.26. The van der Waals surface area contributed by atoms with Crippen LogP contribution in [0.4, 0.5) is 0 Å². The van der Waals surface area contributed by atoms with Gasteiger partial charge in [-0.15, -0.1) is 0 Å². The Morgan fingerprint density at radius 2 is 2.18 bits per heavy atom. The number of hydrogen-bond donors (Lipinski definition) is 0. The summed E-state index contributed by atoms with van der Waals surface area (Å²) in [4.78, 5) is 6.88. The van der Waals surface area contributed by atoms with E-state index in [1.807, 2.05) is 6.92 Å². The first-order chi connectivity index (χ1) is 5.20. The largest absolute Gasteiger partial charge is 0.399 e. The smallest absolute Gasteiger partial charge is 0.106 e. The predicted molar refractivity (Wildman–Crippen MR) is 47.9 cm³/mol. The van der Waals surface area contributed by atoms with E-state index in [0.29, 0.717) is 0 Å². The van der Waals surface area contributed by atoms with Gasteiger partial charge in [-0.05, 0) is 20.5 Å². The maximum absolute atomic E-state index is 4.64. The summed E-state index contributed by atoms with van der Waals surface area (Å²) >= 11 is 0. The van der Waals surface area contributed by atoms with Crippen molar-refractivity contribution in [1.29, 1.82) is 0 Å². The Labute approximate surface area is 69.0 Å². The van der Waals surface area contributed by atoms with Gasteiger partial charge in [0.1, 0.15) is 7.11 Å². The third kappa shape index (κ3) is 5.85. The van der Waals surface area contributed by atoms with Crippen LogP contribution in [-0.2, 0) is 4.84 Å². The molecule has 0 aliphatic rings. The molecule has 3 nitrogen and oxygen atoms in total. The minimum atomic E-state index is 0.984. The van der Waals surface area contributed by atoms with Crippen molar-refractivity contribution in [2.24, 2.45) is 5.16 Å². The van der Waals surface area contributed by atoms with Gasteiger partial charge in [-0.1, -0.05) is 12.1 Å². The molecule has 66 valence electrons. The first kappa shape index (κ1) is 10.4. The van der Waals surface area contributed by atoms with Gasteiger partial charge in [0, 0.05) is 13.0 Å². The molecule has 0 amide bonds. The zero-order valence-electron chi connectivity index (χ0n) is 7.92. The monoisotopic (exact) mass is 158 g/mol. The highest BCUT2D eigenvalue weighted by Gasteiger charge is 1.96. The summed E-state index contributed by atoms with van der Waals surface area (Å²) in [7, 11) is 3.67. The Bertz CT molecular complexity index is 123. The molecule has 0 aromatic carbocycles. The molecule has 0 aliphatic carbocycles. The van der Waals surface area contributed by atoms with E-state index >= 15 is 0 Å². The van der Waals surface area contributed by atoms with Crippen LogP contribution in [0.5, 0.6) is 0 Å². The van der Waals surface area contributed by atoms with E-state index in [1.165, 1.54) is 0 Å². The third-order valence-corrected chi connectivity index (χ3v) is 1.64. The van der Waals surface area contributed by atoms with E-state index in [-0.39, 0.29) is 0 Å². The SMILES string of the molecule is CCN(C)CC/C(C)=N\OC. The fourth-order valence-corrected chi connectivity index (χ4v) is 0.712. The van der Waals surface area contributed by atoms with Gasteiger partial charge in [-0.25, -0.2) is 0 Å². The van der Waals surface area contributed by atoms with Crippen molar-refractivity contribution in [1.82, 2.24) is 4.90 Å². The van der Waals surface area contributed by atoms with E-state index in [9.17, 15) is 0 Å². The van der Waals surface area contributed by atoms with E-state index in [4.69, 9.17) is 0 Å². The molecule has 0 spiro atoms. The number of oxime groups is 1. The average Bonchev–Trinajstić information content (AvgIpc) is 2.01. The summed E-state index contributed by atoms with van der Waals surface area (Å²) in [6, 6.07) is 0. The van der Waals surface area contributed by atoms with Gasteiger partial charge in [-0.3, -0.25) is 0 Å². The van der Waals surface area contributed by atoms with Crippen molar-refractivity contribution >= 4 is 5.71 Å². The lowest BCUT2D eigenvalue weighted by Gasteiger charge is -2.12. The van der Waals surface area contributed by atoms with Crippen molar-refractivity contribution in [3.8, 4) is 0 Å². The van der Waals surface area contributed by atoms with Crippen LogP contribution in [0.2, 0.25) is 0 Å². The Hall–Kier alpha value is -0.570. The van der Waals surface area contributed by atoms with Crippen LogP contribution in [0, 0.1) is 0 Å². The molecular weight excluding hydrogens is 140 g/mol. The lowest BCUT2D eigenvalue weighted by molar-refractivity contribution is 0.211. The summed E-state index contributed by atoms with van der Waals surface area (Å²) in [5.41, 5.74) is 1.05. The molecule has 0 heterocycles. The Balaban J connectivity index is 3.45. The molecule has 0 unspecified atom stereocenters. The second kappa shape index (κ2) is 6.16. The van der Waals surface area contributed by atoms with Gasteiger partial charge >= 0.3 is 0 Å². The van der Waals surface area contributed by atoms with Gasteiger partial charge in [0.25, 0.3) is 0 Å². The molecule has 0 aromatic rings. The summed E-state index contributed by atoms with van der Waals surface area (Å²) in [6.07, 6.45) is 0.984. The zero-order chi connectivity index (χ0) is 8.69. The molecule has 0 radical (unpaired) electrons. The van der Waals surface area contributed by atoms with Crippen molar-refractivity contribution < 1.29 is 4.84 Å². The normalized spacial score (nSPS) is 12.3. The number of hydrogen-bond acceptors (Lipinski definition) is 3. The molecule has 0 saturated heterocycles. The minimum Gasteiger partial charge on any atom is -0.399 e. The highest BCUT2D eigenvalue weighted by molar-refractivity contribution is 5.81. The Morgan fingerprint density at radius 1 is 1.55 bits per heavy atom. The van der Waals surface area contributed by atoms with Crippen molar-refractivity contribution in [2.75, 3.05) is 27.2 Å². The standard InChI is InChI=1S/C8H18N2O/c1-5-10(3)7-6-8(2)9-11-4/h5-7H2,1-4H3/b9-8-. The molecule has 3 heteroatoms. The Morgan fingerprint density at radius 3 is 2.64 bits per heavy atom. The van der Waals surface area contributed by atoms with E-state index in [2.05, 4.69) is 28.9 Å². The quantitative estimate of drug-likeness (QED) is 0.445. The fourth-order valence-electron chi connectivity index (χ4n) is 0.712. The number of rotatable bonds is 5. The van der Waals surface area contributed by atoms with Gasteiger partial charge in [0.2, 0.25) is 0 Å². The second-order valence-corrected chi connectivity index (χ2v) is 2.66. The molecule has 0 bridgehead atoms. The zero-order valence-corrected chi connectivity index (χ0v) is 7.92. The van der Waals surface area contributed by atoms with Crippen LogP contribution < -0.4 is 0 Å². The van der Waals surface area contributed by atoms with Crippen LogP contribution >= 0.6 is 0 Å². The van der Waals surface area contributed by atoms with Crippen LogP contribution in [0.15, 0.2) is 5.16 Å². The first-order valence-corrected chi connectivity index (χ1v) is 3.95. The molecule has 0 atom stereocenters. The lowest BCUT2D eigenvalue weighted by atomic mass is 10.3. The lowest BCUT2D eigenvalue weighted by Crippen LogP contribution is -2.20. The molecule has 11 heavy (non-hydrogen) atoms. The molecule has 0 saturated carbocycles. The maximum atomic E-state index is 4.64. The van der Waals surface area contributed by atoms with Gasteiger partial charge in [-0.2, -0.15) is 0 Å². The van der Waals surface area contributed by atoms with Crippen LogP contribution in [0.3, 0.4) is 0 Å². The maximum Gasteiger partial charge on any atom is 0.106 e. The summed E-state index contributed by atoms with van der Waals surface area (Å²) in [5, 5.41) is 3.82.